The lowest BCUT2D eigenvalue weighted by molar-refractivity contribution is -0.119. The quantitative estimate of drug-likeness (QED) is 0.830. The predicted octanol–water partition coefficient (Wildman–Crippen LogP) is 4.47. The van der Waals surface area contributed by atoms with E-state index in [0.717, 1.165) is 24.2 Å². The number of aryl methyl sites for hydroxylation is 2. The molecule has 0 atom stereocenters. The second-order valence-electron chi connectivity index (χ2n) is 5.47. The minimum Gasteiger partial charge on any atom is -0.274 e. The van der Waals surface area contributed by atoms with Crippen molar-refractivity contribution >= 4 is 40.7 Å². The van der Waals surface area contributed by atoms with E-state index in [1.54, 1.807) is 18.2 Å². The van der Waals surface area contributed by atoms with Gasteiger partial charge in [-0.25, -0.2) is 14.9 Å². The van der Waals surface area contributed by atoms with Gasteiger partial charge in [0.1, 0.15) is 0 Å². The third-order valence-corrected chi connectivity index (χ3v) is 4.30. The summed E-state index contributed by atoms with van der Waals surface area (Å²) in [5.41, 5.74) is 2.12. The molecule has 1 heterocycles. The Labute approximate surface area is 139 Å². The standard InChI is InChI=1S/C16H15Cl2N3O/c1-9-8-10(2)20-16(19-9)21(15(22)11-6-7-11)13-5-3-4-12(17)14(13)18/h3-5,8,11H,6-7H2,1-2H3. The largest absolute Gasteiger partial charge is 0.274 e. The van der Waals surface area contributed by atoms with Gasteiger partial charge in [-0.1, -0.05) is 29.3 Å². The molecule has 0 aliphatic heterocycles. The zero-order valence-electron chi connectivity index (χ0n) is 12.3. The fraction of sp³-hybridized carbons (Fsp3) is 0.312. The van der Waals surface area contributed by atoms with Crippen LogP contribution in [-0.4, -0.2) is 15.9 Å². The van der Waals surface area contributed by atoms with Gasteiger partial charge in [0.15, 0.2) is 0 Å². The topological polar surface area (TPSA) is 46.1 Å². The van der Waals surface area contributed by atoms with Gasteiger partial charge in [0.2, 0.25) is 11.9 Å². The molecule has 1 saturated carbocycles. The van der Waals surface area contributed by atoms with Gasteiger partial charge in [0, 0.05) is 17.3 Å². The van der Waals surface area contributed by atoms with Crippen molar-refractivity contribution in [2.24, 2.45) is 5.92 Å². The average Bonchev–Trinajstić information content (AvgIpc) is 3.27. The summed E-state index contributed by atoms with van der Waals surface area (Å²) in [4.78, 5) is 23.0. The van der Waals surface area contributed by atoms with Crippen molar-refractivity contribution in [2.75, 3.05) is 4.90 Å². The number of amides is 1. The summed E-state index contributed by atoms with van der Waals surface area (Å²) in [6.07, 6.45) is 1.77. The van der Waals surface area contributed by atoms with Crippen LogP contribution in [0.4, 0.5) is 11.6 Å². The Morgan fingerprint density at radius 1 is 1.18 bits per heavy atom. The minimum absolute atomic E-state index is 0.0134. The van der Waals surface area contributed by atoms with E-state index in [2.05, 4.69) is 9.97 Å². The third-order valence-electron chi connectivity index (χ3n) is 3.49. The van der Waals surface area contributed by atoms with Crippen LogP contribution in [-0.2, 0) is 4.79 Å². The van der Waals surface area contributed by atoms with Crippen molar-refractivity contribution < 1.29 is 4.79 Å². The molecule has 114 valence electrons. The number of hydrogen-bond donors (Lipinski definition) is 0. The van der Waals surface area contributed by atoms with Crippen molar-refractivity contribution in [1.29, 1.82) is 0 Å². The summed E-state index contributed by atoms with van der Waals surface area (Å²) in [6.45, 7) is 3.75. The van der Waals surface area contributed by atoms with Crippen molar-refractivity contribution in [3.63, 3.8) is 0 Å². The highest BCUT2D eigenvalue weighted by molar-refractivity contribution is 6.44. The fourth-order valence-electron chi connectivity index (χ4n) is 2.31. The lowest BCUT2D eigenvalue weighted by Gasteiger charge is -2.23. The van der Waals surface area contributed by atoms with Gasteiger partial charge >= 0.3 is 0 Å². The SMILES string of the molecule is Cc1cc(C)nc(N(C(=O)C2CC2)c2cccc(Cl)c2Cl)n1. The maximum absolute atomic E-state index is 12.7. The number of nitrogens with zero attached hydrogens (tertiary/aromatic N) is 3. The lowest BCUT2D eigenvalue weighted by Crippen LogP contribution is -2.29. The Morgan fingerprint density at radius 3 is 2.41 bits per heavy atom. The van der Waals surface area contributed by atoms with Crippen molar-refractivity contribution in [1.82, 2.24) is 9.97 Å². The maximum atomic E-state index is 12.7. The van der Waals surface area contributed by atoms with Crippen LogP contribution in [0.25, 0.3) is 0 Å². The molecule has 1 aliphatic rings. The molecule has 0 bridgehead atoms. The van der Waals surface area contributed by atoms with E-state index < -0.39 is 0 Å². The molecule has 1 aromatic heterocycles. The van der Waals surface area contributed by atoms with Gasteiger partial charge in [-0.05, 0) is 44.9 Å². The average molecular weight is 336 g/mol. The van der Waals surface area contributed by atoms with E-state index in [-0.39, 0.29) is 11.8 Å². The summed E-state index contributed by atoms with van der Waals surface area (Å²) in [5, 5.41) is 0.734. The molecule has 1 aromatic carbocycles. The molecule has 3 rings (SSSR count). The highest BCUT2D eigenvalue weighted by Crippen LogP contribution is 2.40. The van der Waals surface area contributed by atoms with Gasteiger partial charge in [-0.3, -0.25) is 4.79 Å². The molecule has 2 aromatic rings. The monoisotopic (exact) mass is 335 g/mol. The zero-order chi connectivity index (χ0) is 15.9. The Bertz CT molecular complexity index is 724. The molecule has 4 nitrogen and oxygen atoms in total. The molecular weight excluding hydrogens is 321 g/mol. The lowest BCUT2D eigenvalue weighted by atomic mass is 10.2. The van der Waals surface area contributed by atoms with Crippen LogP contribution in [0, 0.1) is 19.8 Å². The van der Waals surface area contributed by atoms with Gasteiger partial charge in [-0.15, -0.1) is 0 Å². The first-order valence-corrected chi connectivity index (χ1v) is 7.83. The fourth-order valence-corrected chi connectivity index (χ4v) is 2.69. The number of rotatable bonds is 3. The first kappa shape index (κ1) is 15.3. The first-order valence-electron chi connectivity index (χ1n) is 7.07. The second-order valence-corrected chi connectivity index (χ2v) is 6.26. The van der Waals surface area contributed by atoms with Crippen LogP contribution in [0.5, 0.6) is 0 Å². The van der Waals surface area contributed by atoms with E-state index in [4.69, 9.17) is 23.2 Å². The van der Waals surface area contributed by atoms with Crippen LogP contribution >= 0.6 is 23.2 Å². The van der Waals surface area contributed by atoms with Crippen molar-refractivity contribution in [2.45, 2.75) is 26.7 Å². The zero-order valence-corrected chi connectivity index (χ0v) is 13.8. The van der Waals surface area contributed by atoms with Crippen LogP contribution in [0.1, 0.15) is 24.2 Å². The summed E-state index contributed by atoms with van der Waals surface area (Å²) in [7, 11) is 0. The smallest absolute Gasteiger partial charge is 0.237 e. The molecule has 0 unspecified atom stereocenters. The highest BCUT2D eigenvalue weighted by Gasteiger charge is 2.37. The number of anilines is 2. The van der Waals surface area contributed by atoms with Crippen LogP contribution in [0.2, 0.25) is 10.0 Å². The molecular formula is C16H15Cl2N3O. The van der Waals surface area contributed by atoms with Crippen LogP contribution < -0.4 is 4.90 Å². The number of hydrogen-bond acceptors (Lipinski definition) is 3. The second kappa shape index (κ2) is 5.86. The van der Waals surface area contributed by atoms with Gasteiger partial charge in [0.25, 0.3) is 0 Å². The number of halogens is 2. The summed E-state index contributed by atoms with van der Waals surface area (Å²) in [5.74, 6) is 0.326. The molecule has 1 aliphatic carbocycles. The summed E-state index contributed by atoms with van der Waals surface area (Å²) < 4.78 is 0. The van der Waals surface area contributed by atoms with Crippen molar-refractivity contribution in [3.05, 3.63) is 45.7 Å². The van der Waals surface area contributed by atoms with E-state index >= 15 is 0 Å². The minimum atomic E-state index is -0.0332. The molecule has 0 N–H and O–H groups in total. The van der Waals surface area contributed by atoms with E-state index in [1.165, 1.54) is 4.90 Å². The Kier molecular flexibility index (Phi) is 4.06. The maximum Gasteiger partial charge on any atom is 0.237 e. The molecule has 6 heteroatoms. The number of carbonyl (C=O) groups excluding carboxylic acids is 1. The van der Waals surface area contributed by atoms with Gasteiger partial charge in [-0.2, -0.15) is 0 Å². The molecule has 22 heavy (non-hydrogen) atoms. The molecule has 0 spiro atoms. The van der Waals surface area contributed by atoms with Crippen molar-refractivity contribution in [3.8, 4) is 0 Å². The Morgan fingerprint density at radius 2 is 1.82 bits per heavy atom. The van der Waals surface area contributed by atoms with Gasteiger partial charge in [0.05, 0.1) is 15.7 Å². The molecule has 0 radical (unpaired) electrons. The number of benzene rings is 1. The Balaban J connectivity index is 2.15. The molecule has 0 saturated heterocycles. The van der Waals surface area contributed by atoms with E-state index in [1.807, 2.05) is 19.9 Å². The first-order chi connectivity index (χ1) is 10.5. The van der Waals surface area contributed by atoms with E-state index in [0.29, 0.717) is 21.7 Å². The number of carbonyl (C=O) groups is 1. The highest BCUT2D eigenvalue weighted by atomic mass is 35.5. The number of aromatic nitrogens is 2. The van der Waals surface area contributed by atoms with Gasteiger partial charge < -0.3 is 0 Å². The van der Waals surface area contributed by atoms with Crippen LogP contribution in [0.3, 0.4) is 0 Å². The third kappa shape index (κ3) is 2.94. The predicted molar refractivity (Wildman–Crippen MR) is 87.8 cm³/mol. The van der Waals surface area contributed by atoms with Crippen LogP contribution in [0.15, 0.2) is 24.3 Å². The summed E-state index contributed by atoms with van der Waals surface area (Å²) in [6, 6.07) is 7.08. The molecule has 1 amide bonds. The normalized spacial score (nSPS) is 14.0. The Hall–Kier alpha value is -1.65. The summed E-state index contributed by atoms with van der Waals surface area (Å²) >= 11 is 12.4. The van der Waals surface area contributed by atoms with E-state index in [9.17, 15) is 4.79 Å². The molecule has 1 fully saturated rings.